The van der Waals surface area contributed by atoms with Crippen molar-refractivity contribution in [3.63, 3.8) is 0 Å². The van der Waals surface area contributed by atoms with Crippen LogP contribution in [0.5, 0.6) is 0 Å². The Bertz CT molecular complexity index is 246. The first-order valence-electron chi connectivity index (χ1n) is 4.64. The number of thioether (sulfide) groups is 1. The summed E-state index contributed by atoms with van der Waals surface area (Å²) in [5.74, 6) is 0. The molecule has 1 N–H and O–H groups in total. The van der Waals surface area contributed by atoms with Gasteiger partial charge in [0.2, 0.25) is 0 Å². The largest absolute Gasteiger partial charge is 0.440 e. The van der Waals surface area contributed by atoms with E-state index in [-0.39, 0.29) is 0 Å². The molecule has 1 aromatic rings. The second kappa shape index (κ2) is 4.15. The van der Waals surface area contributed by atoms with Crippen molar-refractivity contribution < 1.29 is 4.42 Å². The minimum Gasteiger partial charge on any atom is -0.440 e. The van der Waals surface area contributed by atoms with Crippen LogP contribution >= 0.6 is 11.8 Å². The van der Waals surface area contributed by atoms with E-state index in [4.69, 9.17) is 4.42 Å². The molecule has 1 saturated carbocycles. The van der Waals surface area contributed by atoms with Crippen molar-refractivity contribution in [1.82, 2.24) is 10.3 Å². The van der Waals surface area contributed by atoms with Crippen LogP contribution in [0.25, 0.3) is 0 Å². The van der Waals surface area contributed by atoms with Gasteiger partial charge >= 0.3 is 0 Å². The smallest absolute Gasteiger partial charge is 0.255 e. The molecule has 1 aliphatic carbocycles. The Morgan fingerprint density at radius 3 is 3.23 bits per heavy atom. The summed E-state index contributed by atoms with van der Waals surface area (Å²) >= 11 is 1.68. The van der Waals surface area contributed by atoms with Crippen LogP contribution in [0.15, 0.2) is 22.1 Å². The van der Waals surface area contributed by atoms with Gasteiger partial charge in [0.05, 0.1) is 6.20 Å². The maximum absolute atomic E-state index is 5.15. The predicted octanol–water partition coefficient (Wildman–Crippen LogP) is 1.91. The Morgan fingerprint density at radius 1 is 1.77 bits per heavy atom. The van der Waals surface area contributed by atoms with Crippen LogP contribution in [0.4, 0.5) is 0 Å². The van der Waals surface area contributed by atoms with E-state index in [1.165, 1.54) is 12.8 Å². The summed E-state index contributed by atoms with van der Waals surface area (Å²) in [5, 5.41) is 4.77. The lowest BCUT2D eigenvalue weighted by molar-refractivity contribution is 0.453. The van der Waals surface area contributed by atoms with Gasteiger partial charge in [0, 0.05) is 17.8 Å². The minimum absolute atomic E-state index is 0.527. The molecule has 1 aromatic heterocycles. The van der Waals surface area contributed by atoms with E-state index in [0.717, 1.165) is 17.8 Å². The van der Waals surface area contributed by atoms with Crippen LogP contribution in [0, 0.1) is 0 Å². The van der Waals surface area contributed by atoms with Crippen molar-refractivity contribution in [3.8, 4) is 0 Å². The third kappa shape index (κ3) is 3.04. The minimum atomic E-state index is 0.527. The quantitative estimate of drug-likeness (QED) is 0.733. The van der Waals surface area contributed by atoms with Gasteiger partial charge in [-0.3, -0.25) is 0 Å². The van der Waals surface area contributed by atoms with Crippen molar-refractivity contribution in [2.24, 2.45) is 0 Å². The second-order valence-corrected chi connectivity index (χ2v) is 4.80. The Morgan fingerprint density at radius 2 is 2.62 bits per heavy atom. The fraction of sp³-hybridized carbons (Fsp3) is 0.667. The topological polar surface area (TPSA) is 38.1 Å². The molecule has 3 nitrogen and oxygen atoms in total. The zero-order chi connectivity index (χ0) is 9.10. The van der Waals surface area contributed by atoms with Gasteiger partial charge < -0.3 is 9.73 Å². The van der Waals surface area contributed by atoms with Gasteiger partial charge in [-0.25, -0.2) is 4.98 Å². The lowest BCUT2D eigenvalue weighted by Crippen LogP contribution is -2.24. The van der Waals surface area contributed by atoms with Crippen molar-refractivity contribution in [3.05, 3.63) is 12.5 Å². The highest BCUT2D eigenvalue weighted by atomic mass is 32.2. The van der Waals surface area contributed by atoms with Crippen LogP contribution in [-0.4, -0.2) is 22.8 Å². The average molecular weight is 198 g/mol. The second-order valence-electron chi connectivity index (χ2n) is 3.41. The van der Waals surface area contributed by atoms with Crippen molar-refractivity contribution in [2.75, 3.05) is 6.54 Å². The molecule has 0 bridgehead atoms. The number of hydrogen-bond acceptors (Lipinski definition) is 4. The standard InChI is InChI=1S/C9H14N2OS/c1-7(6-11-8-2-3-8)13-9-10-4-5-12-9/h4-5,7-8,11H,2-3,6H2,1H3. The summed E-state index contributed by atoms with van der Waals surface area (Å²) in [4.78, 5) is 4.07. The van der Waals surface area contributed by atoms with E-state index in [1.807, 2.05) is 0 Å². The molecule has 0 aliphatic heterocycles. The molecule has 0 spiro atoms. The fourth-order valence-electron chi connectivity index (χ4n) is 1.10. The molecule has 0 radical (unpaired) electrons. The number of nitrogens with zero attached hydrogens (tertiary/aromatic N) is 1. The Hall–Kier alpha value is -0.480. The number of rotatable bonds is 5. The number of nitrogens with one attached hydrogen (secondary N) is 1. The monoisotopic (exact) mass is 198 g/mol. The lowest BCUT2D eigenvalue weighted by atomic mass is 10.4. The highest BCUT2D eigenvalue weighted by Crippen LogP contribution is 2.22. The summed E-state index contributed by atoms with van der Waals surface area (Å²) in [7, 11) is 0. The lowest BCUT2D eigenvalue weighted by Gasteiger charge is -2.08. The first-order valence-corrected chi connectivity index (χ1v) is 5.52. The van der Waals surface area contributed by atoms with Gasteiger partial charge in [0.15, 0.2) is 0 Å². The van der Waals surface area contributed by atoms with Crippen molar-refractivity contribution in [1.29, 1.82) is 0 Å². The summed E-state index contributed by atoms with van der Waals surface area (Å²) in [6, 6.07) is 0.785. The van der Waals surface area contributed by atoms with Crippen molar-refractivity contribution >= 4 is 11.8 Å². The molecule has 13 heavy (non-hydrogen) atoms. The Balaban J connectivity index is 1.68. The predicted molar refractivity (Wildman–Crippen MR) is 52.8 cm³/mol. The Labute approximate surface area is 82.3 Å². The molecule has 1 atom stereocenters. The molecule has 1 heterocycles. The maximum Gasteiger partial charge on any atom is 0.255 e. The highest BCUT2D eigenvalue weighted by molar-refractivity contribution is 7.99. The number of oxazole rings is 1. The molecule has 1 fully saturated rings. The molecule has 1 unspecified atom stereocenters. The van der Waals surface area contributed by atoms with Crippen LogP contribution < -0.4 is 5.32 Å². The zero-order valence-corrected chi connectivity index (χ0v) is 8.51. The Kier molecular flexibility index (Phi) is 2.90. The molecule has 0 amide bonds. The first kappa shape index (κ1) is 9.09. The van der Waals surface area contributed by atoms with Gasteiger partial charge in [0.1, 0.15) is 6.26 Å². The van der Waals surface area contributed by atoms with Gasteiger partial charge in [-0.1, -0.05) is 18.7 Å². The molecule has 2 rings (SSSR count). The van der Waals surface area contributed by atoms with Gasteiger partial charge in [-0.2, -0.15) is 0 Å². The fourth-order valence-corrected chi connectivity index (χ4v) is 1.86. The SMILES string of the molecule is CC(CNC1CC1)Sc1ncco1. The molecule has 0 aromatic carbocycles. The van der Waals surface area contributed by atoms with E-state index >= 15 is 0 Å². The van der Waals surface area contributed by atoms with Crippen LogP contribution in [0.2, 0.25) is 0 Å². The molecular weight excluding hydrogens is 184 g/mol. The van der Waals surface area contributed by atoms with Gasteiger partial charge in [0.25, 0.3) is 5.22 Å². The molecule has 0 saturated heterocycles. The summed E-state index contributed by atoms with van der Waals surface area (Å²) < 4.78 is 5.15. The normalized spacial score (nSPS) is 18.8. The van der Waals surface area contributed by atoms with E-state index in [2.05, 4.69) is 17.2 Å². The highest BCUT2D eigenvalue weighted by Gasteiger charge is 2.21. The molecular formula is C9H14N2OS. The summed E-state index contributed by atoms with van der Waals surface area (Å²) in [6.07, 6.45) is 5.99. The summed E-state index contributed by atoms with van der Waals surface area (Å²) in [5.41, 5.74) is 0. The molecule has 1 aliphatic rings. The molecule has 72 valence electrons. The van der Waals surface area contributed by atoms with Crippen LogP contribution in [-0.2, 0) is 0 Å². The van der Waals surface area contributed by atoms with Crippen LogP contribution in [0.1, 0.15) is 19.8 Å². The van der Waals surface area contributed by atoms with Gasteiger partial charge in [-0.15, -0.1) is 0 Å². The van der Waals surface area contributed by atoms with Crippen molar-refractivity contribution in [2.45, 2.75) is 36.3 Å². The third-order valence-corrected chi connectivity index (χ3v) is 2.96. The van der Waals surface area contributed by atoms with E-state index in [0.29, 0.717) is 5.25 Å². The maximum atomic E-state index is 5.15. The zero-order valence-electron chi connectivity index (χ0n) is 7.69. The van der Waals surface area contributed by atoms with E-state index in [9.17, 15) is 0 Å². The first-order chi connectivity index (χ1) is 6.34. The van der Waals surface area contributed by atoms with Crippen LogP contribution in [0.3, 0.4) is 0 Å². The van der Waals surface area contributed by atoms with E-state index in [1.54, 1.807) is 24.2 Å². The third-order valence-electron chi connectivity index (χ3n) is 1.98. The number of aromatic nitrogens is 1. The van der Waals surface area contributed by atoms with E-state index < -0.39 is 0 Å². The molecule has 4 heteroatoms. The number of hydrogen-bond donors (Lipinski definition) is 1. The average Bonchev–Trinajstić information content (AvgIpc) is 2.82. The van der Waals surface area contributed by atoms with Gasteiger partial charge in [-0.05, 0) is 12.8 Å². The summed E-state index contributed by atoms with van der Waals surface area (Å²) in [6.45, 7) is 3.22.